The molecule has 2 aromatic carbocycles. The van der Waals surface area contributed by atoms with Gasteiger partial charge >= 0.3 is 0 Å². The van der Waals surface area contributed by atoms with E-state index in [0.717, 1.165) is 23.0 Å². The van der Waals surface area contributed by atoms with Gasteiger partial charge in [-0.2, -0.15) is 5.26 Å². The van der Waals surface area contributed by atoms with Crippen LogP contribution >= 0.6 is 31.9 Å². The van der Waals surface area contributed by atoms with E-state index in [-0.39, 0.29) is 0 Å². The predicted octanol–water partition coefficient (Wildman–Crippen LogP) is 5.18. The van der Waals surface area contributed by atoms with Gasteiger partial charge in [0.2, 0.25) is 0 Å². The van der Waals surface area contributed by atoms with Gasteiger partial charge in [-0.25, -0.2) is 0 Å². The van der Waals surface area contributed by atoms with Crippen molar-refractivity contribution < 1.29 is 0 Å². The van der Waals surface area contributed by atoms with Crippen LogP contribution in [0.25, 0.3) is 0 Å². The molecule has 1 aliphatic rings. The summed E-state index contributed by atoms with van der Waals surface area (Å²) in [5.41, 5.74) is 4.45. The Bertz CT molecular complexity index is 704. The molecular weight excluding hydrogens is 380 g/mol. The molecule has 0 fully saturated rings. The molecule has 0 saturated carbocycles. The zero-order valence-corrected chi connectivity index (χ0v) is 13.8. The summed E-state index contributed by atoms with van der Waals surface area (Å²) in [7, 11) is 0. The lowest BCUT2D eigenvalue weighted by molar-refractivity contribution is 0.761. The van der Waals surface area contributed by atoms with Crippen molar-refractivity contribution >= 4 is 37.5 Å². The van der Waals surface area contributed by atoms with E-state index >= 15 is 0 Å². The summed E-state index contributed by atoms with van der Waals surface area (Å²) in [5, 5.41) is 12.5. The van der Waals surface area contributed by atoms with Crippen LogP contribution < -0.4 is 5.32 Å². The highest BCUT2D eigenvalue weighted by Crippen LogP contribution is 2.38. The Hall–Kier alpha value is -1.31. The van der Waals surface area contributed by atoms with E-state index in [0.29, 0.717) is 11.6 Å². The summed E-state index contributed by atoms with van der Waals surface area (Å²) in [5.74, 6) is 0. The molecule has 1 N–H and O–H groups in total. The van der Waals surface area contributed by atoms with Crippen molar-refractivity contribution in [2.75, 3.05) is 5.32 Å². The van der Waals surface area contributed by atoms with E-state index in [4.69, 9.17) is 5.26 Å². The van der Waals surface area contributed by atoms with Crippen molar-refractivity contribution in [2.24, 2.45) is 0 Å². The highest BCUT2D eigenvalue weighted by Gasteiger charge is 2.24. The Kier molecular flexibility index (Phi) is 3.82. The van der Waals surface area contributed by atoms with Gasteiger partial charge in [0.05, 0.1) is 17.7 Å². The number of nitrogens with zero attached hydrogens (tertiary/aromatic N) is 1. The molecule has 0 bridgehead atoms. The fourth-order valence-corrected chi connectivity index (χ4v) is 3.72. The second-order valence-electron chi connectivity index (χ2n) is 4.85. The molecule has 0 saturated heterocycles. The average molecular weight is 392 g/mol. The van der Waals surface area contributed by atoms with E-state index in [1.807, 2.05) is 18.2 Å². The molecule has 20 heavy (non-hydrogen) atoms. The molecule has 4 heteroatoms. The van der Waals surface area contributed by atoms with Gasteiger partial charge in [0.15, 0.2) is 0 Å². The van der Waals surface area contributed by atoms with Gasteiger partial charge in [0.25, 0.3) is 0 Å². The molecule has 0 spiro atoms. The second kappa shape index (κ2) is 5.59. The largest absolute Gasteiger partial charge is 0.377 e. The van der Waals surface area contributed by atoms with E-state index in [1.54, 1.807) is 0 Å². The predicted molar refractivity (Wildman–Crippen MR) is 87.7 cm³/mol. The Balaban J connectivity index is 1.88. The minimum Gasteiger partial charge on any atom is -0.377 e. The third-order valence-electron chi connectivity index (χ3n) is 3.64. The first-order valence-electron chi connectivity index (χ1n) is 6.42. The summed E-state index contributed by atoms with van der Waals surface area (Å²) in [6, 6.07) is 14.5. The van der Waals surface area contributed by atoms with Gasteiger partial charge in [-0.3, -0.25) is 0 Å². The molecule has 100 valence electrons. The smallest absolute Gasteiger partial charge is 0.0992 e. The maximum Gasteiger partial charge on any atom is 0.0992 e. The van der Waals surface area contributed by atoms with Gasteiger partial charge in [0.1, 0.15) is 0 Å². The van der Waals surface area contributed by atoms with E-state index < -0.39 is 0 Å². The van der Waals surface area contributed by atoms with Crippen LogP contribution in [0.15, 0.2) is 45.3 Å². The molecule has 0 heterocycles. The number of rotatable bonds is 2. The molecule has 0 aromatic heterocycles. The van der Waals surface area contributed by atoms with Crippen molar-refractivity contribution in [2.45, 2.75) is 18.9 Å². The highest BCUT2D eigenvalue weighted by atomic mass is 79.9. The first kappa shape index (κ1) is 13.7. The van der Waals surface area contributed by atoms with E-state index in [2.05, 4.69) is 61.4 Å². The lowest BCUT2D eigenvalue weighted by Crippen LogP contribution is -2.07. The molecule has 0 amide bonds. The summed E-state index contributed by atoms with van der Waals surface area (Å²) in [6.07, 6.45) is 2.17. The summed E-state index contributed by atoms with van der Waals surface area (Å²) in [6.45, 7) is 0. The van der Waals surface area contributed by atoms with Crippen LogP contribution in [0, 0.1) is 11.3 Å². The molecule has 2 aromatic rings. The Morgan fingerprint density at radius 2 is 2.00 bits per heavy atom. The molecular formula is C16H12Br2N2. The number of anilines is 1. The third kappa shape index (κ3) is 2.48. The fraction of sp³-hybridized carbons (Fsp3) is 0.188. The maximum absolute atomic E-state index is 8.90. The molecule has 0 radical (unpaired) electrons. The van der Waals surface area contributed by atoms with E-state index in [1.165, 1.54) is 15.6 Å². The quantitative estimate of drug-likeness (QED) is 0.765. The number of benzene rings is 2. The minimum atomic E-state index is 0.326. The topological polar surface area (TPSA) is 35.8 Å². The van der Waals surface area contributed by atoms with Crippen molar-refractivity contribution in [1.82, 2.24) is 0 Å². The van der Waals surface area contributed by atoms with Crippen LogP contribution in [0.3, 0.4) is 0 Å². The van der Waals surface area contributed by atoms with Crippen LogP contribution in [0.5, 0.6) is 0 Å². The molecule has 2 nitrogen and oxygen atoms in total. The molecule has 1 atom stereocenters. The van der Waals surface area contributed by atoms with Gasteiger partial charge in [0, 0.05) is 14.6 Å². The van der Waals surface area contributed by atoms with Gasteiger partial charge in [-0.05, 0) is 64.2 Å². The number of hydrogen-bond acceptors (Lipinski definition) is 2. The van der Waals surface area contributed by atoms with Crippen molar-refractivity contribution in [1.29, 1.82) is 5.26 Å². The van der Waals surface area contributed by atoms with Crippen LogP contribution in [0.4, 0.5) is 5.69 Å². The Morgan fingerprint density at radius 1 is 1.15 bits per heavy atom. The lowest BCUT2D eigenvalue weighted by Gasteiger charge is -2.17. The minimum absolute atomic E-state index is 0.326. The summed E-state index contributed by atoms with van der Waals surface area (Å²) < 4.78 is 2.12. The van der Waals surface area contributed by atoms with Crippen molar-refractivity contribution in [3.8, 4) is 6.07 Å². The number of hydrogen-bond donors (Lipinski definition) is 1. The zero-order chi connectivity index (χ0) is 14.1. The Morgan fingerprint density at radius 3 is 2.75 bits per heavy atom. The maximum atomic E-state index is 8.90. The van der Waals surface area contributed by atoms with Crippen LogP contribution in [0.2, 0.25) is 0 Å². The summed E-state index contributed by atoms with van der Waals surface area (Å²) >= 11 is 7.15. The SMILES string of the molecule is N#Cc1ccc(NC2CCc3c(Br)cccc32)c(Br)c1. The standard InChI is InChI=1S/C16H12Br2N2/c17-13-3-1-2-12-11(13)5-7-15(12)20-16-6-4-10(9-19)8-14(16)18/h1-4,6,8,15,20H,5,7H2. The summed E-state index contributed by atoms with van der Waals surface area (Å²) in [4.78, 5) is 0. The van der Waals surface area contributed by atoms with Gasteiger partial charge < -0.3 is 5.32 Å². The van der Waals surface area contributed by atoms with Crippen molar-refractivity contribution in [3.63, 3.8) is 0 Å². The number of nitriles is 1. The first-order valence-corrected chi connectivity index (χ1v) is 8.01. The van der Waals surface area contributed by atoms with Crippen LogP contribution in [0.1, 0.15) is 29.2 Å². The number of nitrogens with one attached hydrogen (secondary N) is 1. The zero-order valence-electron chi connectivity index (χ0n) is 10.7. The molecule has 0 aliphatic heterocycles. The monoisotopic (exact) mass is 390 g/mol. The fourth-order valence-electron chi connectivity index (χ4n) is 2.65. The van der Waals surface area contributed by atoms with E-state index in [9.17, 15) is 0 Å². The second-order valence-corrected chi connectivity index (χ2v) is 6.56. The first-order chi connectivity index (χ1) is 9.69. The third-order valence-corrected chi connectivity index (χ3v) is 5.04. The number of halogens is 2. The molecule has 3 rings (SSSR count). The normalized spacial score (nSPS) is 16.6. The molecule has 1 aliphatic carbocycles. The molecule has 1 unspecified atom stereocenters. The van der Waals surface area contributed by atoms with Crippen LogP contribution in [-0.4, -0.2) is 0 Å². The number of fused-ring (bicyclic) bond motifs is 1. The lowest BCUT2D eigenvalue weighted by atomic mass is 10.1. The average Bonchev–Trinajstić information content (AvgIpc) is 2.86. The van der Waals surface area contributed by atoms with Crippen molar-refractivity contribution in [3.05, 3.63) is 62.0 Å². The van der Waals surface area contributed by atoms with Gasteiger partial charge in [-0.15, -0.1) is 0 Å². The van der Waals surface area contributed by atoms with Crippen LogP contribution in [-0.2, 0) is 6.42 Å². The highest BCUT2D eigenvalue weighted by molar-refractivity contribution is 9.10. The van der Waals surface area contributed by atoms with Gasteiger partial charge in [-0.1, -0.05) is 28.1 Å². The Labute approximate surface area is 135 Å².